The Kier molecular flexibility index (Phi) is 9.37. The molecule has 0 bridgehead atoms. The Morgan fingerprint density at radius 3 is 2.85 bits per heavy atom. The molecule has 1 fully saturated rings. The molecule has 2 amide bonds. The van der Waals surface area contributed by atoms with Crippen molar-refractivity contribution in [3.8, 4) is 0 Å². The van der Waals surface area contributed by atoms with E-state index in [0.29, 0.717) is 17.9 Å². The van der Waals surface area contributed by atoms with Gasteiger partial charge in [0.1, 0.15) is 30.4 Å². The molecule has 0 unspecified atom stereocenters. The van der Waals surface area contributed by atoms with Gasteiger partial charge in [-0.25, -0.2) is 9.38 Å². The molecule has 218 valence electrons. The van der Waals surface area contributed by atoms with Gasteiger partial charge in [0.05, 0.1) is 31.0 Å². The number of rotatable bonds is 11. The average Bonchev–Trinajstić information content (AvgIpc) is 3.56. The van der Waals surface area contributed by atoms with Crippen molar-refractivity contribution in [2.45, 2.75) is 24.4 Å². The highest BCUT2D eigenvalue weighted by Gasteiger charge is 2.53. The fourth-order valence-corrected chi connectivity index (χ4v) is 6.50. The standard InChI is InChI=1S/C24H27N9O5S2.ClH/c1-38-30-17(14-12-40-24(26)28-14)20(34)29-18-21(35)33-19(23(36)37)13(11-39-22(18)33)10-31-8-9-32-15(27-7-3-6-25)4-2-5-16(31)32;/h2,4-5,8-9,12,18,22H,3,6-7,10-11,25H2,1H3,(H4,26,28,29,34,36,37);1H/b30-17-;/t18-,22+;/m1./s1. The predicted molar refractivity (Wildman–Crippen MR) is 154 cm³/mol. The van der Waals surface area contributed by atoms with E-state index in [4.69, 9.17) is 16.3 Å². The Labute approximate surface area is 248 Å². The highest BCUT2D eigenvalue weighted by molar-refractivity contribution is 8.00. The number of amides is 2. The van der Waals surface area contributed by atoms with Gasteiger partial charge in [-0.1, -0.05) is 5.16 Å². The minimum atomic E-state index is -1.45. The zero-order valence-electron chi connectivity index (χ0n) is 21.8. The third-order valence-electron chi connectivity index (χ3n) is 6.43. The molecule has 41 heavy (non-hydrogen) atoms. The van der Waals surface area contributed by atoms with Crippen LogP contribution in [0.3, 0.4) is 0 Å². The number of anilines is 2. The fourth-order valence-electron chi connectivity index (χ4n) is 4.62. The Hall–Kier alpha value is -3.86. The van der Waals surface area contributed by atoms with Gasteiger partial charge in [-0.3, -0.25) is 19.1 Å². The van der Waals surface area contributed by atoms with Gasteiger partial charge in [0, 0.05) is 23.3 Å². The van der Waals surface area contributed by atoms with Gasteiger partial charge in [-0.15, -0.1) is 35.5 Å². The number of carboxylic acid groups (broad SMARTS) is 1. The molecule has 0 radical (unpaired) electrons. The lowest BCUT2D eigenvalue weighted by molar-refractivity contribution is -0.494. The van der Waals surface area contributed by atoms with Crippen LogP contribution in [0.2, 0.25) is 0 Å². The van der Waals surface area contributed by atoms with Gasteiger partial charge in [0.2, 0.25) is 11.5 Å². The normalized spacial score (nSPS) is 18.4. The number of β-lactam (4-membered cyclic amide) rings is 1. The zero-order chi connectivity index (χ0) is 28.4. The Balaban J connectivity index is 0.00000387. The number of aromatic nitrogens is 3. The number of carboxylic acids is 1. The molecule has 2 atom stereocenters. The molecule has 2 aliphatic rings. The van der Waals surface area contributed by atoms with Crippen LogP contribution in [-0.2, 0) is 25.8 Å². The quantitative estimate of drug-likeness (QED) is 0.0670. The summed E-state index contributed by atoms with van der Waals surface area (Å²) in [4.78, 5) is 48.3. The summed E-state index contributed by atoms with van der Waals surface area (Å²) in [6, 6.07) is 4.81. The number of thioether (sulfide) groups is 1. The van der Waals surface area contributed by atoms with E-state index in [9.17, 15) is 19.5 Å². The molecule has 3 aromatic rings. The van der Waals surface area contributed by atoms with Crippen molar-refractivity contribution in [1.82, 2.24) is 19.8 Å². The third kappa shape index (κ3) is 5.81. The second-order valence-corrected chi connectivity index (χ2v) is 10.9. The van der Waals surface area contributed by atoms with Crippen LogP contribution >= 0.6 is 35.5 Å². The van der Waals surface area contributed by atoms with Crippen LogP contribution in [0.1, 0.15) is 12.1 Å². The van der Waals surface area contributed by atoms with Crippen LogP contribution in [0.15, 0.2) is 52.4 Å². The van der Waals surface area contributed by atoms with Gasteiger partial charge < -0.3 is 36.8 Å². The summed E-state index contributed by atoms with van der Waals surface area (Å²) in [5.74, 6) is -1.50. The van der Waals surface area contributed by atoms with Crippen molar-refractivity contribution in [1.29, 1.82) is 0 Å². The van der Waals surface area contributed by atoms with E-state index in [-0.39, 0.29) is 41.2 Å². The minimum Gasteiger partial charge on any atom is -0.543 e. The Morgan fingerprint density at radius 2 is 2.17 bits per heavy atom. The molecule has 6 N–H and O–H groups in total. The summed E-state index contributed by atoms with van der Waals surface area (Å²) in [7, 11) is 1.28. The highest BCUT2D eigenvalue weighted by atomic mass is 35.5. The molecular formula is C24H28ClN9O5S2. The summed E-state index contributed by atoms with van der Waals surface area (Å²) in [6.45, 7) is 1.54. The van der Waals surface area contributed by atoms with Crippen LogP contribution in [-0.4, -0.2) is 75.3 Å². The molecule has 0 saturated carbocycles. The summed E-state index contributed by atoms with van der Waals surface area (Å²) in [6.07, 6.45) is 4.56. The molecular weight excluding hydrogens is 594 g/mol. The summed E-state index contributed by atoms with van der Waals surface area (Å²) < 4.78 is 3.87. The van der Waals surface area contributed by atoms with Crippen molar-refractivity contribution in [2.75, 3.05) is 37.0 Å². The van der Waals surface area contributed by atoms with Crippen molar-refractivity contribution in [3.63, 3.8) is 0 Å². The van der Waals surface area contributed by atoms with Crippen molar-refractivity contribution in [3.05, 3.63) is 52.9 Å². The highest BCUT2D eigenvalue weighted by Crippen LogP contribution is 2.40. The monoisotopic (exact) mass is 621 g/mol. The number of nitrogen functional groups attached to an aromatic ring is 1. The largest absolute Gasteiger partial charge is 0.543 e. The van der Waals surface area contributed by atoms with Crippen LogP contribution in [0.4, 0.5) is 10.9 Å². The maximum Gasteiger partial charge on any atom is 0.276 e. The number of nitrogens with two attached hydrogens (primary N) is 2. The summed E-state index contributed by atoms with van der Waals surface area (Å²) in [5, 5.41) is 23.1. The zero-order valence-corrected chi connectivity index (χ0v) is 24.3. The van der Waals surface area contributed by atoms with Gasteiger partial charge in [-0.05, 0) is 24.6 Å². The molecule has 3 aromatic heterocycles. The van der Waals surface area contributed by atoms with E-state index in [1.807, 2.05) is 39.6 Å². The van der Waals surface area contributed by atoms with Crippen LogP contribution < -0.4 is 31.6 Å². The number of carbonyl (C=O) groups is 3. The van der Waals surface area contributed by atoms with E-state index in [1.54, 1.807) is 5.38 Å². The number of oxime groups is 1. The average molecular weight is 622 g/mol. The molecule has 5 rings (SSSR count). The lowest BCUT2D eigenvalue weighted by Crippen LogP contribution is -2.71. The number of pyridine rings is 1. The molecule has 0 aromatic carbocycles. The minimum absolute atomic E-state index is 0. The number of imidazole rings is 1. The fraction of sp³-hybridized carbons (Fsp3) is 0.333. The maximum absolute atomic E-state index is 13.1. The maximum atomic E-state index is 13.1. The van der Waals surface area contributed by atoms with Gasteiger partial charge in [0.25, 0.3) is 11.8 Å². The molecule has 17 heteroatoms. The van der Waals surface area contributed by atoms with Gasteiger partial charge in [0.15, 0.2) is 10.8 Å². The first-order chi connectivity index (χ1) is 19.3. The number of hydrogen-bond donors (Lipinski definition) is 4. The number of nitrogens with zero attached hydrogens (tertiary/aromatic N) is 5. The number of fused-ring (bicyclic) bond motifs is 2. The van der Waals surface area contributed by atoms with Crippen molar-refractivity contribution in [2.24, 2.45) is 10.9 Å². The van der Waals surface area contributed by atoms with Crippen molar-refractivity contribution < 1.29 is 28.7 Å². The molecule has 0 aliphatic carbocycles. The van der Waals surface area contributed by atoms with Crippen LogP contribution in [0.25, 0.3) is 5.65 Å². The van der Waals surface area contributed by atoms with E-state index in [0.717, 1.165) is 35.8 Å². The number of nitrogens with one attached hydrogen (secondary N) is 2. The Morgan fingerprint density at radius 1 is 1.37 bits per heavy atom. The van der Waals surface area contributed by atoms with E-state index in [2.05, 4.69) is 20.8 Å². The van der Waals surface area contributed by atoms with Gasteiger partial charge in [-0.2, -0.15) is 0 Å². The second-order valence-electron chi connectivity index (χ2n) is 8.93. The third-order valence-corrected chi connectivity index (χ3v) is 8.45. The van der Waals surface area contributed by atoms with E-state index < -0.39 is 29.2 Å². The number of halogens is 1. The van der Waals surface area contributed by atoms with Crippen molar-refractivity contribution >= 4 is 75.6 Å². The smallest absolute Gasteiger partial charge is 0.276 e. The molecule has 0 spiro atoms. The first kappa shape index (κ1) is 30.1. The number of thiazole rings is 1. The second kappa shape index (κ2) is 12.8. The topological polar surface area (TPSA) is 197 Å². The Bertz CT molecular complexity index is 1540. The first-order valence-electron chi connectivity index (χ1n) is 12.3. The molecule has 1 saturated heterocycles. The first-order valence-corrected chi connectivity index (χ1v) is 14.2. The van der Waals surface area contributed by atoms with E-state index in [1.165, 1.54) is 23.8 Å². The summed E-state index contributed by atoms with van der Waals surface area (Å²) in [5.41, 5.74) is 12.5. The summed E-state index contributed by atoms with van der Waals surface area (Å²) >= 11 is 2.48. The molecule has 2 aliphatic heterocycles. The SMILES string of the molecule is CO/N=C(\C(=O)N[C@@H]1C(=O)N2C(C(=O)[O-])=C(Cn3cc[n+]4c(NCCCN)cccc34)CS[C@@H]12)c1csc(N)n1.Cl. The lowest BCUT2D eigenvalue weighted by Gasteiger charge is -2.50. The van der Waals surface area contributed by atoms with Crippen LogP contribution in [0, 0.1) is 0 Å². The number of hydrogen-bond acceptors (Lipinski definition) is 12. The predicted octanol–water partition coefficient (Wildman–Crippen LogP) is -1.10. The lowest BCUT2D eigenvalue weighted by atomic mass is 10.0. The number of carbonyl (C=O) groups excluding carboxylic acids is 3. The van der Waals surface area contributed by atoms with Crippen LogP contribution in [0.5, 0.6) is 0 Å². The van der Waals surface area contributed by atoms with Gasteiger partial charge >= 0.3 is 0 Å². The molecule has 5 heterocycles. The van der Waals surface area contributed by atoms with E-state index >= 15 is 0 Å². The number of aliphatic carboxylic acids is 1. The molecule has 14 nitrogen and oxygen atoms in total.